The Labute approximate surface area is 110 Å². The van der Waals surface area contributed by atoms with Crippen LogP contribution >= 0.6 is 23.5 Å². The minimum atomic E-state index is -3.46. The number of esters is 1. The van der Waals surface area contributed by atoms with Gasteiger partial charge in [0.1, 0.15) is 4.48 Å². The predicted octanol–water partition coefficient (Wildman–Crippen LogP) is 3.44. The molecule has 0 saturated carbocycles. The summed E-state index contributed by atoms with van der Waals surface area (Å²) in [5.41, 5.74) is 0. The topological polar surface area (TPSA) is 61.8 Å². The average molecular weight is 329 g/mol. The molecule has 7 heteroatoms. The molecule has 0 radical (unpaired) electrons. The normalized spacial score (nSPS) is 13.3. The van der Waals surface area contributed by atoms with E-state index >= 15 is 0 Å². The second kappa shape index (κ2) is 7.31. The molecule has 0 rings (SSSR count). The zero-order valence-electron chi connectivity index (χ0n) is 10.6. The lowest BCUT2D eigenvalue weighted by molar-refractivity contribution is -0.135. The van der Waals surface area contributed by atoms with Gasteiger partial charge >= 0.3 is 13.6 Å². The number of hydrogen-bond acceptors (Lipinski definition) is 5. The van der Waals surface area contributed by atoms with Crippen LogP contribution in [0.5, 0.6) is 0 Å². The highest BCUT2D eigenvalue weighted by molar-refractivity contribution is 9.12. The van der Waals surface area contributed by atoms with Gasteiger partial charge in [-0.1, -0.05) is 0 Å². The Kier molecular flexibility index (Phi) is 7.24. The molecule has 0 aromatic rings. The molecule has 0 fully saturated rings. The predicted molar refractivity (Wildman–Crippen MR) is 69.1 cm³/mol. The second-order valence-corrected chi connectivity index (χ2v) is 6.43. The van der Waals surface area contributed by atoms with E-state index in [-0.39, 0.29) is 16.7 Å². The Bertz CT molecular complexity index is 324. The van der Waals surface area contributed by atoms with E-state index in [0.717, 1.165) is 5.82 Å². The molecule has 0 saturated heterocycles. The first kappa shape index (κ1) is 16.8. The van der Waals surface area contributed by atoms with Gasteiger partial charge in [-0.05, 0) is 43.6 Å². The molecule has 0 aliphatic rings. The van der Waals surface area contributed by atoms with Crippen molar-refractivity contribution in [2.24, 2.45) is 0 Å². The molecular formula is C10H18BrO5P. The van der Waals surface area contributed by atoms with Gasteiger partial charge in [-0.25, -0.2) is 4.79 Å². The van der Waals surface area contributed by atoms with Crippen molar-refractivity contribution in [3.05, 3.63) is 10.3 Å². The van der Waals surface area contributed by atoms with Gasteiger partial charge in [-0.15, -0.1) is 0 Å². The fraction of sp³-hybridized carbons (Fsp3) is 0.700. The summed E-state index contributed by atoms with van der Waals surface area (Å²) in [6, 6.07) is 0. The standard InChI is InChI=1S/C10H18BrO5P/c1-7(2)15-17(13,16-8(3)4)6-9(11)10(12)14-5/h6-8H,1-5H3/b9-6+. The van der Waals surface area contributed by atoms with Gasteiger partial charge in [0.05, 0.1) is 19.3 Å². The van der Waals surface area contributed by atoms with Gasteiger partial charge < -0.3 is 13.8 Å². The van der Waals surface area contributed by atoms with E-state index < -0.39 is 13.6 Å². The van der Waals surface area contributed by atoms with Crippen LogP contribution in [-0.2, 0) is 23.1 Å². The van der Waals surface area contributed by atoms with E-state index in [2.05, 4.69) is 20.7 Å². The van der Waals surface area contributed by atoms with Gasteiger partial charge in [0.25, 0.3) is 0 Å². The molecule has 100 valence electrons. The summed E-state index contributed by atoms with van der Waals surface area (Å²) in [4.78, 5) is 11.2. The molecule has 0 amide bonds. The van der Waals surface area contributed by atoms with E-state index in [1.807, 2.05) is 0 Å². The first-order valence-corrected chi connectivity index (χ1v) is 7.54. The minimum absolute atomic E-state index is 0.0182. The van der Waals surface area contributed by atoms with Gasteiger partial charge in [0, 0.05) is 5.82 Å². The van der Waals surface area contributed by atoms with Crippen molar-refractivity contribution in [2.75, 3.05) is 7.11 Å². The van der Waals surface area contributed by atoms with Crippen molar-refractivity contribution in [1.29, 1.82) is 0 Å². The Morgan fingerprint density at radius 2 is 1.59 bits per heavy atom. The Balaban J connectivity index is 5.05. The van der Waals surface area contributed by atoms with Gasteiger partial charge in [0.15, 0.2) is 0 Å². The maximum absolute atomic E-state index is 12.3. The SMILES string of the molecule is COC(=O)/C(Br)=C\P(=O)(OC(C)C)OC(C)C. The van der Waals surface area contributed by atoms with E-state index in [9.17, 15) is 9.36 Å². The number of carbonyl (C=O) groups is 1. The molecule has 0 aliphatic carbocycles. The van der Waals surface area contributed by atoms with Crippen LogP contribution in [0.1, 0.15) is 27.7 Å². The lowest BCUT2D eigenvalue weighted by Crippen LogP contribution is -2.08. The van der Waals surface area contributed by atoms with E-state index in [4.69, 9.17) is 9.05 Å². The molecule has 0 aromatic carbocycles. The van der Waals surface area contributed by atoms with Crippen molar-refractivity contribution >= 4 is 29.5 Å². The molecular weight excluding hydrogens is 311 g/mol. The van der Waals surface area contributed by atoms with Crippen LogP contribution in [0.3, 0.4) is 0 Å². The Morgan fingerprint density at radius 3 is 1.88 bits per heavy atom. The van der Waals surface area contributed by atoms with Crippen molar-refractivity contribution in [2.45, 2.75) is 39.9 Å². The third-order valence-corrected chi connectivity index (χ3v) is 4.28. The average Bonchev–Trinajstić information content (AvgIpc) is 2.12. The maximum atomic E-state index is 12.3. The van der Waals surface area contributed by atoms with Gasteiger partial charge in [-0.2, -0.15) is 0 Å². The molecule has 0 N–H and O–H groups in total. The summed E-state index contributed by atoms with van der Waals surface area (Å²) in [5, 5.41) is 0. The quantitative estimate of drug-likeness (QED) is 0.424. The lowest BCUT2D eigenvalue weighted by atomic mass is 10.5. The lowest BCUT2D eigenvalue weighted by Gasteiger charge is -2.20. The second-order valence-electron chi connectivity index (χ2n) is 3.82. The maximum Gasteiger partial charge on any atom is 0.356 e. The molecule has 0 atom stereocenters. The molecule has 17 heavy (non-hydrogen) atoms. The molecule has 0 bridgehead atoms. The zero-order chi connectivity index (χ0) is 13.6. The molecule has 0 unspecified atom stereocenters. The highest BCUT2D eigenvalue weighted by atomic mass is 79.9. The first-order valence-electron chi connectivity index (χ1n) is 5.13. The number of methoxy groups -OCH3 is 1. The van der Waals surface area contributed by atoms with E-state index in [1.165, 1.54) is 7.11 Å². The smallest absolute Gasteiger partial charge is 0.356 e. The molecule has 0 spiro atoms. The number of ether oxygens (including phenoxy) is 1. The van der Waals surface area contributed by atoms with Crippen LogP contribution in [0.25, 0.3) is 0 Å². The molecule has 0 aromatic heterocycles. The highest BCUT2D eigenvalue weighted by Gasteiger charge is 2.27. The van der Waals surface area contributed by atoms with Crippen molar-refractivity contribution < 1.29 is 23.1 Å². The van der Waals surface area contributed by atoms with Crippen LogP contribution in [0, 0.1) is 0 Å². The number of carbonyl (C=O) groups excluding carboxylic acids is 1. The number of rotatable bonds is 6. The summed E-state index contributed by atoms with van der Waals surface area (Å²) >= 11 is 2.97. The van der Waals surface area contributed by atoms with Crippen molar-refractivity contribution in [3.8, 4) is 0 Å². The van der Waals surface area contributed by atoms with E-state index in [0.29, 0.717) is 0 Å². The third-order valence-electron chi connectivity index (χ3n) is 1.37. The monoisotopic (exact) mass is 328 g/mol. The van der Waals surface area contributed by atoms with Crippen LogP contribution in [0.2, 0.25) is 0 Å². The van der Waals surface area contributed by atoms with E-state index in [1.54, 1.807) is 27.7 Å². The summed E-state index contributed by atoms with van der Waals surface area (Å²) in [7, 11) is -2.23. The fourth-order valence-corrected chi connectivity index (χ4v) is 3.61. The zero-order valence-corrected chi connectivity index (χ0v) is 13.1. The summed E-state index contributed by atoms with van der Waals surface area (Å²) in [5.74, 6) is 0.490. The van der Waals surface area contributed by atoms with Crippen LogP contribution in [0.15, 0.2) is 10.3 Å². The molecule has 0 aliphatic heterocycles. The minimum Gasteiger partial charge on any atom is -0.465 e. The van der Waals surface area contributed by atoms with Crippen molar-refractivity contribution in [3.63, 3.8) is 0 Å². The summed E-state index contributed by atoms with van der Waals surface area (Å²) < 4.78 is 27.3. The highest BCUT2D eigenvalue weighted by Crippen LogP contribution is 2.53. The number of halogens is 1. The molecule has 0 heterocycles. The van der Waals surface area contributed by atoms with Crippen LogP contribution < -0.4 is 0 Å². The van der Waals surface area contributed by atoms with Crippen LogP contribution in [-0.4, -0.2) is 25.3 Å². The summed E-state index contributed by atoms with van der Waals surface area (Å²) in [6.07, 6.45) is -0.567. The fourth-order valence-electron chi connectivity index (χ4n) is 0.962. The first-order chi connectivity index (χ1) is 7.70. The van der Waals surface area contributed by atoms with Gasteiger partial charge in [-0.3, -0.25) is 4.57 Å². The number of hydrogen-bond donors (Lipinski definition) is 0. The summed E-state index contributed by atoms with van der Waals surface area (Å²) in [6.45, 7) is 6.93. The Morgan fingerprint density at radius 1 is 1.18 bits per heavy atom. The largest absolute Gasteiger partial charge is 0.465 e. The van der Waals surface area contributed by atoms with Crippen molar-refractivity contribution in [1.82, 2.24) is 0 Å². The molecule has 5 nitrogen and oxygen atoms in total. The van der Waals surface area contributed by atoms with Crippen LogP contribution in [0.4, 0.5) is 0 Å². The Hall–Kier alpha value is -0.160. The van der Waals surface area contributed by atoms with Gasteiger partial charge in [0.2, 0.25) is 0 Å². The third kappa shape index (κ3) is 6.99.